The van der Waals surface area contributed by atoms with Gasteiger partial charge in [-0.3, -0.25) is 4.79 Å². The normalized spacial score (nSPS) is 14.0. The molecule has 2 aromatic heterocycles. The number of nitrogens with one attached hydrogen (secondary N) is 1. The first-order chi connectivity index (χ1) is 15.6. The highest BCUT2D eigenvalue weighted by atomic mass is 16.1. The lowest BCUT2D eigenvalue weighted by atomic mass is 9.97. The van der Waals surface area contributed by atoms with Crippen molar-refractivity contribution in [3.8, 4) is 0 Å². The fraction of sp³-hybridized carbons (Fsp3) is 0.269. The van der Waals surface area contributed by atoms with E-state index < -0.39 is 0 Å². The number of hydrogen-bond acceptors (Lipinski definition) is 4. The van der Waals surface area contributed by atoms with Gasteiger partial charge in [0.05, 0.1) is 11.0 Å². The lowest BCUT2D eigenvalue weighted by Gasteiger charge is -2.14. The number of rotatable bonds is 5. The van der Waals surface area contributed by atoms with Crippen molar-refractivity contribution in [1.29, 1.82) is 0 Å². The average molecular weight is 426 g/mol. The van der Waals surface area contributed by atoms with Crippen LogP contribution >= 0.6 is 0 Å². The number of nitrogens with zero attached hydrogens (tertiary/aromatic N) is 3. The maximum absolute atomic E-state index is 13.3. The average Bonchev–Trinajstić information content (AvgIpc) is 3.08. The topological polar surface area (TPSA) is 85.8 Å². The van der Waals surface area contributed by atoms with Crippen LogP contribution in [0, 0.1) is 6.92 Å². The maximum Gasteiger partial charge on any atom is 0.261 e. The molecule has 32 heavy (non-hydrogen) atoms. The van der Waals surface area contributed by atoms with Gasteiger partial charge in [-0.1, -0.05) is 41.5 Å². The molecule has 0 bridgehead atoms. The zero-order valence-corrected chi connectivity index (χ0v) is 18.3. The number of aryl methyl sites for hydroxylation is 2. The van der Waals surface area contributed by atoms with Crippen molar-refractivity contribution in [2.45, 2.75) is 45.6 Å². The van der Waals surface area contributed by atoms with Crippen LogP contribution in [0.1, 0.15) is 48.0 Å². The van der Waals surface area contributed by atoms with Crippen LogP contribution in [0.2, 0.25) is 0 Å². The highest BCUT2D eigenvalue weighted by molar-refractivity contribution is 6.16. The molecule has 1 amide bonds. The van der Waals surface area contributed by atoms with Gasteiger partial charge in [-0.2, -0.15) is 0 Å². The van der Waals surface area contributed by atoms with E-state index in [1.165, 1.54) is 18.4 Å². The Bertz CT molecular complexity index is 1330. The van der Waals surface area contributed by atoms with Crippen molar-refractivity contribution in [1.82, 2.24) is 14.5 Å². The smallest absolute Gasteiger partial charge is 0.261 e. The van der Waals surface area contributed by atoms with E-state index in [2.05, 4.69) is 11.4 Å². The number of anilines is 2. The molecule has 0 aliphatic heterocycles. The highest BCUT2D eigenvalue weighted by Gasteiger charge is 2.24. The molecule has 0 unspecified atom stereocenters. The van der Waals surface area contributed by atoms with Crippen LogP contribution in [0.5, 0.6) is 0 Å². The predicted octanol–water partition coefficient (Wildman–Crippen LogP) is 5.62. The molecular formula is C26H27N5O. The molecule has 1 aliphatic rings. The highest BCUT2D eigenvalue weighted by Crippen LogP contribution is 2.30. The molecule has 1 aliphatic carbocycles. The van der Waals surface area contributed by atoms with E-state index in [0.29, 0.717) is 29.1 Å². The van der Waals surface area contributed by atoms with Gasteiger partial charge in [0.2, 0.25) is 0 Å². The number of carbonyl (C=O) groups is 1. The molecule has 2 aromatic carbocycles. The summed E-state index contributed by atoms with van der Waals surface area (Å²) in [6.07, 6.45) is 8.03. The van der Waals surface area contributed by atoms with Gasteiger partial charge in [-0.05, 0) is 63.3 Å². The Morgan fingerprint density at radius 3 is 2.53 bits per heavy atom. The number of allylic oxidation sites excluding steroid dienone is 2. The minimum absolute atomic E-state index is 0.267. The molecule has 0 radical (unpaired) electrons. The van der Waals surface area contributed by atoms with Crippen molar-refractivity contribution in [3.05, 3.63) is 71.3 Å². The predicted molar refractivity (Wildman–Crippen MR) is 130 cm³/mol. The van der Waals surface area contributed by atoms with E-state index in [-0.39, 0.29) is 5.91 Å². The second-order valence-corrected chi connectivity index (χ2v) is 8.47. The van der Waals surface area contributed by atoms with Crippen LogP contribution in [0.15, 0.2) is 60.2 Å². The van der Waals surface area contributed by atoms with Crippen molar-refractivity contribution in [2.24, 2.45) is 0 Å². The Morgan fingerprint density at radius 2 is 1.81 bits per heavy atom. The summed E-state index contributed by atoms with van der Waals surface area (Å²) < 4.78 is 1.95. The van der Waals surface area contributed by atoms with E-state index in [4.69, 9.17) is 15.7 Å². The Balaban J connectivity index is 1.58. The third-order valence-electron chi connectivity index (χ3n) is 6.17. The standard InChI is InChI=1S/C26H27N5O/c1-17-11-13-19(14-12-17)28-26(32)22-23-25(30-21-10-6-5-9-20(21)29-23)31(24(22)27)16-15-18-7-3-2-4-8-18/h5-7,9-14H,2-4,8,15-16,27H2,1H3,(H,28,32). The summed E-state index contributed by atoms with van der Waals surface area (Å²) in [7, 11) is 0. The summed E-state index contributed by atoms with van der Waals surface area (Å²) in [5, 5.41) is 2.97. The number of nitrogens with two attached hydrogens (primary N) is 1. The summed E-state index contributed by atoms with van der Waals surface area (Å²) >= 11 is 0. The van der Waals surface area contributed by atoms with Crippen LogP contribution in [0.3, 0.4) is 0 Å². The molecule has 5 rings (SSSR count). The van der Waals surface area contributed by atoms with Gasteiger partial charge in [0.1, 0.15) is 16.9 Å². The van der Waals surface area contributed by atoms with Crippen LogP contribution < -0.4 is 11.1 Å². The summed E-state index contributed by atoms with van der Waals surface area (Å²) in [5.41, 5.74) is 13.0. The van der Waals surface area contributed by atoms with Crippen molar-refractivity contribution >= 4 is 39.6 Å². The molecule has 3 N–H and O–H groups in total. The number of carbonyl (C=O) groups excluding carboxylic acids is 1. The monoisotopic (exact) mass is 425 g/mol. The third kappa shape index (κ3) is 3.84. The summed E-state index contributed by atoms with van der Waals surface area (Å²) in [6.45, 7) is 2.69. The lowest BCUT2D eigenvalue weighted by molar-refractivity contribution is 0.102. The number of aromatic nitrogens is 3. The zero-order valence-electron chi connectivity index (χ0n) is 18.3. The second-order valence-electron chi connectivity index (χ2n) is 8.47. The minimum atomic E-state index is -0.267. The third-order valence-corrected chi connectivity index (χ3v) is 6.17. The van der Waals surface area contributed by atoms with Crippen molar-refractivity contribution < 1.29 is 4.79 Å². The first kappa shape index (κ1) is 20.2. The molecule has 6 heteroatoms. The molecule has 0 atom stereocenters. The minimum Gasteiger partial charge on any atom is -0.384 e. The molecular weight excluding hydrogens is 398 g/mol. The van der Waals surface area contributed by atoms with Gasteiger partial charge >= 0.3 is 0 Å². The summed E-state index contributed by atoms with van der Waals surface area (Å²) in [4.78, 5) is 22.9. The quantitative estimate of drug-likeness (QED) is 0.407. The summed E-state index contributed by atoms with van der Waals surface area (Å²) in [6, 6.07) is 15.4. The lowest BCUT2D eigenvalue weighted by Crippen LogP contribution is -2.15. The van der Waals surface area contributed by atoms with Gasteiger partial charge in [0.25, 0.3) is 5.91 Å². The first-order valence-corrected chi connectivity index (χ1v) is 11.2. The van der Waals surface area contributed by atoms with Gasteiger partial charge in [-0.25, -0.2) is 9.97 Å². The Hall–Kier alpha value is -3.67. The SMILES string of the molecule is Cc1ccc(NC(=O)c2c(N)n(CCC3=CCCCC3)c3nc4ccccc4nc23)cc1. The molecule has 0 fully saturated rings. The van der Waals surface area contributed by atoms with E-state index in [1.807, 2.05) is 60.0 Å². The number of fused-ring (bicyclic) bond motifs is 2. The van der Waals surface area contributed by atoms with Gasteiger partial charge < -0.3 is 15.6 Å². The van der Waals surface area contributed by atoms with Crippen LogP contribution in [-0.2, 0) is 6.54 Å². The number of hydrogen-bond donors (Lipinski definition) is 2. The van der Waals surface area contributed by atoms with E-state index >= 15 is 0 Å². The van der Waals surface area contributed by atoms with E-state index in [9.17, 15) is 4.79 Å². The zero-order chi connectivity index (χ0) is 22.1. The molecule has 0 saturated carbocycles. The van der Waals surface area contributed by atoms with Gasteiger partial charge in [0.15, 0.2) is 5.65 Å². The molecule has 0 spiro atoms. The van der Waals surface area contributed by atoms with Crippen LogP contribution in [-0.4, -0.2) is 20.4 Å². The molecule has 4 aromatic rings. The van der Waals surface area contributed by atoms with Crippen LogP contribution in [0.25, 0.3) is 22.2 Å². The number of nitrogen functional groups attached to an aromatic ring is 1. The largest absolute Gasteiger partial charge is 0.384 e. The Morgan fingerprint density at radius 1 is 1.06 bits per heavy atom. The summed E-state index contributed by atoms with van der Waals surface area (Å²) in [5.74, 6) is 0.146. The number of benzene rings is 2. The first-order valence-electron chi connectivity index (χ1n) is 11.2. The van der Waals surface area contributed by atoms with E-state index in [1.54, 1.807) is 0 Å². The van der Waals surface area contributed by atoms with Gasteiger partial charge in [0, 0.05) is 12.2 Å². The van der Waals surface area contributed by atoms with Crippen LogP contribution in [0.4, 0.5) is 11.5 Å². The fourth-order valence-corrected chi connectivity index (χ4v) is 4.38. The van der Waals surface area contributed by atoms with E-state index in [0.717, 1.165) is 41.5 Å². The maximum atomic E-state index is 13.3. The molecule has 162 valence electrons. The second kappa shape index (κ2) is 8.46. The number of para-hydroxylation sites is 2. The number of amides is 1. The Kier molecular flexibility index (Phi) is 5.35. The van der Waals surface area contributed by atoms with Gasteiger partial charge in [-0.15, -0.1) is 0 Å². The fourth-order valence-electron chi connectivity index (χ4n) is 4.38. The Labute approximate surface area is 187 Å². The molecule has 2 heterocycles. The molecule has 0 saturated heterocycles. The molecule has 6 nitrogen and oxygen atoms in total. The van der Waals surface area contributed by atoms with Crippen molar-refractivity contribution in [3.63, 3.8) is 0 Å². The van der Waals surface area contributed by atoms with Crippen molar-refractivity contribution in [2.75, 3.05) is 11.1 Å².